The molecule has 0 spiro atoms. The van der Waals surface area contributed by atoms with E-state index in [0.29, 0.717) is 24.6 Å². The number of hydrogen-bond donors (Lipinski definition) is 2. The number of ether oxygens (including phenoxy) is 3. The van der Waals surface area contributed by atoms with Crippen molar-refractivity contribution in [2.24, 2.45) is 5.92 Å². The highest BCUT2D eigenvalue weighted by Crippen LogP contribution is 2.27. The maximum Gasteiger partial charge on any atom is 0.407 e. The number of carbonyl (C=O) groups excluding carboxylic acids is 1. The molecular weight excluding hydrogens is 320 g/mol. The van der Waals surface area contributed by atoms with Crippen LogP contribution in [-0.4, -0.2) is 38.5 Å². The second kappa shape index (κ2) is 9.51. The Morgan fingerprint density at radius 2 is 1.76 bits per heavy atom. The zero-order chi connectivity index (χ0) is 19.0. The van der Waals surface area contributed by atoms with E-state index in [1.807, 2.05) is 39.0 Å². The quantitative estimate of drug-likeness (QED) is 0.751. The number of alkyl carbamates (subject to hydrolysis) is 1. The normalized spacial score (nSPS) is 12.6. The lowest BCUT2D eigenvalue weighted by molar-refractivity contribution is 0.0490. The number of amides is 1. The number of methoxy groups -OCH3 is 2. The monoisotopic (exact) mass is 352 g/mol. The van der Waals surface area contributed by atoms with Crippen molar-refractivity contribution in [3.8, 4) is 11.5 Å². The van der Waals surface area contributed by atoms with Gasteiger partial charge in [0.25, 0.3) is 0 Å². The molecule has 0 radical (unpaired) electrons. The second-order valence-electron chi connectivity index (χ2n) is 7.32. The van der Waals surface area contributed by atoms with Crippen LogP contribution in [0.1, 0.15) is 40.2 Å². The Labute approximate surface area is 151 Å². The Balaban J connectivity index is 2.57. The fourth-order valence-corrected chi connectivity index (χ4v) is 2.27. The van der Waals surface area contributed by atoms with Crippen molar-refractivity contribution in [2.75, 3.05) is 20.8 Å². The van der Waals surface area contributed by atoms with Gasteiger partial charge in [-0.2, -0.15) is 0 Å². The van der Waals surface area contributed by atoms with E-state index in [0.717, 1.165) is 5.56 Å². The Hall–Kier alpha value is -1.95. The minimum absolute atomic E-state index is 0.0185. The third-order valence-electron chi connectivity index (χ3n) is 3.65. The molecule has 2 N–H and O–H groups in total. The van der Waals surface area contributed by atoms with E-state index >= 15 is 0 Å². The number of benzene rings is 1. The molecule has 6 heteroatoms. The van der Waals surface area contributed by atoms with Crippen LogP contribution in [0, 0.1) is 5.92 Å². The molecule has 1 rings (SSSR count). The summed E-state index contributed by atoms with van der Waals surface area (Å²) in [5.74, 6) is 1.69. The highest BCUT2D eigenvalue weighted by atomic mass is 16.6. The fourth-order valence-electron chi connectivity index (χ4n) is 2.27. The summed E-state index contributed by atoms with van der Waals surface area (Å²) < 4.78 is 15.9. The summed E-state index contributed by atoms with van der Waals surface area (Å²) in [4.78, 5) is 12.0. The van der Waals surface area contributed by atoms with Crippen LogP contribution < -0.4 is 20.1 Å². The first-order valence-corrected chi connectivity index (χ1v) is 8.57. The molecule has 0 aliphatic heterocycles. The lowest BCUT2D eigenvalue weighted by Crippen LogP contribution is -2.46. The molecule has 0 aliphatic carbocycles. The van der Waals surface area contributed by atoms with Crippen LogP contribution in [0.15, 0.2) is 18.2 Å². The van der Waals surface area contributed by atoms with Crippen molar-refractivity contribution in [2.45, 2.75) is 52.8 Å². The molecule has 0 bridgehead atoms. The van der Waals surface area contributed by atoms with E-state index in [2.05, 4.69) is 24.5 Å². The highest BCUT2D eigenvalue weighted by Gasteiger charge is 2.21. The lowest BCUT2D eigenvalue weighted by Gasteiger charge is -2.26. The molecule has 0 heterocycles. The van der Waals surface area contributed by atoms with Crippen LogP contribution in [0.2, 0.25) is 0 Å². The van der Waals surface area contributed by atoms with Gasteiger partial charge in [-0.25, -0.2) is 4.79 Å². The minimum atomic E-state index is -0.501. The number of rotatable bonds is 8. The van der Waals surface area contributed by atoms with Crippen LogP contribution >= 0.6 is 0 Å². The molecule has 0 fully saturated rings. The highest BCUT2D eigenvalue weighted by molar-refractivity contribution is 5.68. The summed E-state index contributed by atoms with van der Waals surface area (Å²) in [5, 5.41) is 6.31. The molecule has 0 unspecified atom stereocenters. The van der Waals surface area contributed by atoms with Gasteiger partial charge in [0.05, 0.1) is 14.2 Å². The molecule has 142 valence electrons. The molecular formula is C19H32N2O4. The summed E-state index contributed by atoms with van der Waals surface area (Å²) in [5.41, 5.74) is 0.580. The molecule has 1 amide bonds. The van der Waals surface area contributed by atoms with Gasteiger partial charge in [-0.05, 0) is 44.4 Å². The van der Waals surface area contributed by atoms with Crippen molar-refractivity contribution in [3.63, 3.8) is 0 Å². The third-order valence-corrected chi connectivity index (χ3v) is 3.65. The van der Waals surface area contributed by atoms with Gasteiger partial charge in [-0.15, -0.1) is 0 Å². The van der Waals surface area contributed by atoms with Crippen molar-refractivity contribution in [1.82, 2.24) is 10.6 Å². The first-order chi connectivity index (χ1) is 11.7. The first kappa shape index (κ1) is 21.1. The molecule has 1 aromatic carbocycles. The predicted octanol–water partition coefficient (Wildman–Crippen LogP) is 3.34. The van der Waals surface area contributed by atoms with E-state index in [4.69, 9.17) is 14.2 Å². The lowest BCUT2D eigenvalue weighted by atomic mass is 10.0. The topological polar surface area (TPSA) is 68.8 Å². The van der Waals surface area contributed by atoms with Gasteiger partial charge in [0.15, 0.2) is 11.5 Å². The molecule has 1 aromatic rings. The zero-order valence-electron chi connectivity index (χ0n) is 16.4. The largest absolute Gasteiger partial charge is 0.493 e. The van der Waals surface area contributed by atoms with E-state index in [1.165, 1.54) is 0 Å². The zero-order valence-corrected chi connectivity index (χ0v) is 16.4. The van der Waals surface area contributed by atoms with Crippen LogP contribution in [-0.2, 0) is 11.3 Å². The Morgan fingerprint density at radius 1 is 1.12 bits per heavy atom. The molecule has 0 saturated heterocycles. The summed E-state index contributed by atoms with van der Waals surface area (Å²) >= 11 is 0. The van der Waals surface area contributed by atoms with Crippen LogP contribution in [0.25, 0.3) is 0 Å². The van der Waals surface area contributed by atoms with E-state index in [1.54, 1.807) is 14.2 Å². The number of carbonyl (C=O) groups is 1. The van der Waals surface area contributed by atoms with Gasteiger partial charge in [0, 0.05) is 19.1 Å². The van der Waals surface area contributed by atoms with E-state index in [-0.39, 0.29) is 18.1 Å². The standard InChI is InChI=1S/C19H32N2O4/c1-13(2)15(21-18(22)25-19(3,4)5)12-20-11-14-8-9-16(23-6)17(10-14)24-7/h8-10,13,15,20H,11-12H2,1-7H3,(H,21,22)/t15-/m1/s1. The molecule has 6 nitrogen and oxygen atoms in total. The molecule has 0 aromatic heterocycles. The maximum absolute atomic E-state index is 12.0. The average Bonchev–Trinajstić information content (AvgIpc) is 2.51. The fraction of sp³-hybridized carbons (Fsp3) is 0.632. The van der Waals surface area contributed by atoms with E-state index < -0.39 is 5.60 Å². The van der Waals surface area contributed by atoms with Gasteiger partial charge in [-0.3, -0.25) is 0 Å². The van der Waals surface area contributed by atoms with E-state index in [9.17, 15) is 4.79 Å². The summed E-state index contributed by atoms with van der Waals surface area (Å²) in [6.07, 6.45) is -0.390. The summed E-state index contributed by atoms with van der Waals surface area (Å²) in [7, 11) is 3.24. The Bertz CT molecular complexity index is 553. The van der Waals surface area contributed by atoms with Gasteiger partial charge < -0.3 is 24.8 Å². The maximum atomic E-state index is 12.0. The molecule has 0 aliphatic rings. The predicted molar refractivity (Wildman–Crippen MR) is 99.2 cm³/mol. The smallest absolute Gasteiger partial charge is 0.407 e. The average molecular weight is 352 g/mol. The first-order valence-electron chi connectivity index (χ1n) is 8.57. The Kier molecular flexibility index (Phi) is 8.03. The molecule has 0 saturated carbocycles. The van der Waals surface area contributed by atoms with Crippen molar-refractivity contribution >= 4 is 6.09 Å². The van der Waals surface area contributed by atoms with Crippen LogP contribution in [0.4, 0.5) is 4.79 Å². The van der Waals surface area contributed by atoms with Crippen molar-refractivity contribution in [1.29, 1.82) is 0 Å². The Morgan fingerprint density at radius 3 is 2.28 bits per heavy atom. The van der Waals surface area contributed by atoms with Crippen LogP contribution in [0.5, 0.6) is 11.5 Å². The van der Waals surface area contributed by atoms with Crippen molar-refractivity contribution in [3.05, 3.63) is 23.8 Å². The minimum Gasteiger partial charge on any atom is -0.493 e. The van der Waals surface area contributed by atoms with Gasteiger partial charge in [-0.1, -0.05) is 19.9 Å². The molecule has 25 heavy (non-hydrogen) atoms. The SMILES string of the molecule is COc1ccc(CNC[C@@H](NC(=O)OC(C)(C)C)C(C)C)cc1OC. The summed E-state index contributed by atoms with van der Waals surface area (Å²) in [6.45, 7) is 11.0. The number of nitrogens with one attached hydrogen (secondary N) is 2. The van der Waals surface area contributed by atoms with Gasteiger partial charge in [0.2, 0.25) is 0 Å². The second-order valence-corrected chi connectivity index (χ2v) is 7.32. The van der Waals surface area contributed by atoms with Gasteiger partial charge in [0.1, 0.15) is 5.60 Å². The summed E-state index contributed by atoms with van der Waals surface area (Å²) in [6, 6.07) is 5.79. The van der Waals surface area contributed by atoms with Crippen LogP contribution in [0.3, 0.4) is 0 Å². The third kappa shape index (κ3) is 7.65. The van der Waals surface area contributed by atoms with Crippen molar-refractivity contribution < 1.29 is 19.0 Å². The number of hydrogen-bond acceptors (Lipinski definition) is 5. The molecule has 1 atom stereocenters. The van der Waals surface area contributed by atoms with Gasteiger partial charge >= 0.3 is 6.09 Å².